The summed E-state index contributed by atoms with van der Waals surface area (Å²) in [5.41, 5.74) is 4.39. The molecule has 21 heavy (non-hydrogen) atoms. The first-order valence-corrected chi connectivity index (χ1v) is 6.57. The first kappa shape index (κ1) is 15.0. The van der Waals surface area contributed by atoms with Crippen molar-refractivity contribution in [2.75, 3.05) is 7.11 Å². The highest BCUT2D eigenvalue weighted by atomic mass is 35.5. The van der Waals surface area contributed by atoms with Crippen molar-refractivity contribution in [2.45, 2.75) is 6.92 Å². The summed E-state index contributed by atoms with van der Waals surface area (Å²) in [6, 6.07) is 8.60. The normalized spacial score (nSPS) is 10.6. The Bertz CT molecular complexity index is 669. The van der Waals surface area contributed by atoms with E-state index in [4.69, 9.17) is 16.3 Å². The van der Waals surface area contributed by atoms with Crippen LogP contribution in [-0.4, -0.2) is 24.2 Å². The lowest BCUT2D eigenvalue weighted by atomic mass is 10.2. The second-order valence-corrected chi connectivity index (χ2v) is 4.71. The van der Waals surface area contributed by atoms with Crippen LogP contribution in [0.5, 0.6) is 5.75 Å². The summed E-state index contributed by atoms with van der Waals surface area (Å²) < 4.78 is 5.18. The molecule has 2 rings (SSSR count). The van der Waals surface area contributed by atoms with Crippen LogP contribution in [0.1, 0.15) is 21.6 Å². The molecule has 1 N–H and O–H groups in total. The van der Waals surface area contributed by atoms with Gasteiger partial charge in [0.1, 0.15) is 5.75 Å². The van der Waals surface area contributed by atoms with Crippen molar-refractivity contribution in [1.29, 1.82) is 0 Å². The zero-order valence-electron chi connectivity index (χ0n) is 11.6. The number of pyridine rings is 1. The lowest BCUT2D eigenvalue weighted by Crippen LogP contribution is -2.17. The average Bonchev–Trinajstić information content (AvgIpc) is 2.48. The number of hydrazone groups is 1. The van der Waals surface area contributed by atoms with Gasteiger partial charge in [-0.15, -0.1) is 0 Å². The van der Waals surface area contributed by atoms with Crippen LogP contribution in [0.15, 0.2) is 41.6 Å². The summed E-state index contributed by atoms with van der Waals surface area (Å²) in [5, 5.41) is 4.46. The van der Waals surface area contributed by atoms with Gasteiger partial charge < -0.3 is 4.74 Å². The third-order valence-corrected chi connectivity index (χ3v) is 2.97. The van der Waals surface area contributed by atoms with Gasteiger partial charge in [0, 0.05) is 22.5 Å². The molecule has 0 radical (unpaired) electrons. The largest absolute Gasteiger partial charge is 0.496 e. The number of hydrogen-bond donors (Lipinski definition) is 1. The third kappa shape index (κ3) is 4.03. The molecule has 1 aromatic heterocycles. The Morgan fingerprint density at radius 2 is 2.19 bits per heavy atom. The monoisotopic (exact) mass is 303 g/mol. The Morgan fingerprint density at radius 1 is 1.38 bits per heavy atom. The molecular weight excluding hydrogens is 290 g/mol. The maximum atomic E-state index is 11.8. The van der Waals surface area contributed by atoms with Gasteiger partial charge in [-0.2, -0.15) is 5.10 Å². The first-order valence-electron chi connectivity index (χ1n) is 6.20. The smallest absolute Gasteiger partial charge is 0.272 e. The summed E-state index contributed by atoms with van der Waals surface area (Å²) in [6.07, 6.45) is 2.98. The molecule has 0 aliphatic heterocycles. The molecule has 108 valence electrons. The van der Waals surface area contributed by atoms with E-state index in [9.17, 15) is 4.79 Å². The van der Waals surface area contributed by atoms with Crippen molar-refractivity contribution in [3.8, 4) is 5.75 Å². The minimum atomic E-state index is -0.334. The van der Waals surface area contributed by atoms with Gasteiger partial charge in [-0.1, -0.05) is 11.6 Å². The van der Waals surface area contributed by atoms with Gasteiger partial charge in [0.25, 0.3) is 5.91 Å². The third-order valence-electron chi connectivity index (χ3n) is 2.74. The van der Waals surface area contributed by atoms with Crippen LogP contribution < -0.4 is 10.2 Å². The number of nitrogens with zero attached hydrogens (tertiary/aromatic N) is 2. The minimum Gasteiger partial charge on any atom is -0.496 e. The van der Waals surface area contributed by atoms with Gasteiger partial charge in [0.05, 0.1) is 18.9 Å². The molecule has 1 aromatic carbocycles. The zero-order chi connectivity index (χ0) is 15.2. The summed E-state index contributed by atoms with van der Waals surface area (Å²) in [5.74, 6) is 0.286. The molecule has 0 unspecified atom stereocenters. The highest BCUT2D eigenvalue weighted by Crippen LogP contribution is 2.20. The predicted molar refractivity (Wildman–Crippen MR) is 82.0 cm³/mol. The van der Waals surface area contributed by atoms with Crippen molar-refractivity contribution >= 4 is 23.7 Å². The lowest BCUT2D eigenvalue weighted by Gasteiger charge is -2.04. The maximum Gasteiger partial charge on any atom is 0.272 e. The van der Waals surface area contributed by atoms with Gasteiger partial charge in [-0.05, 0) is 37.3 Å². The Labute approximate surface area is 127 Å². The number of carbonyl (C=O) groups excluding carboxylic acids is 1. The highest BCUT2D eigenvalue weighted by Gasteiger charge is 2.05. The van der Waals surface area contributed by atoms with Crippen LogP contribution in [0, 0.1) is 6.92 Å². The fourth-order valence-electron chi connectivity index (χ4n) is 1.63. The summed E-state index contributed by atoms with van der Waals surface area (Å²) in [4.78, 5) is 15.9. The second kappa shape index (κ2) is 6.85. The Hall–Kier alpha value is -2.40. The van der Waals surface area contributed by atoms with Gasteiger partial charge in [-0.3, -0.25) is 9.78 Å². The zero-order valence-corrected chi connectivity index (χ0v) is 12.4. The fourth-order valence-corrected chi connectivity index (χ4v) is 1.81. The predicted octanol–water partition coefficient (Wildman–Crippen LogP) is 2.82. The van der Waals surface area contributed by atoms with Crippen molar-refractivity contribution in [2.24, 2.45) is 5.10 Å². The molecular formula is C15H14ClN3O2. The van der Waals surface area contributed by atoms with Crippen LogP contribution in [0.4, 0.5) is 0 Å². The van der Waals surface area contributed by atoms with Gasteiger partial charge >= 0.3 is 0 Å². The van der Waals surface area contributed by atoms with E-state index in [1.165, 1.54) is 12.4 Å². The number of methoxy groups -OCH3 is 1. The Kier molecular flexibility index (Phi) is 4.90. The molecule has 0 spiro atoms. The van der Waals surface area contributed by atoms with Gasteiger partial charge in [-0.25, -0.2) is 5.43 Å². The average molecular weight is 304 g/mol. The molecule has 0 aliphatic rings. The number of rotatable bonds is 4. The molecule has 0 aliphatic carbocycles. The van der Waals surface area contributed by atoms with E-state index in [2.05, 4.69) is 15.5 Å². The van der Waals surface area contributed by atoms with Crippen molar-refractivity contribution in [1.82, 2.24) is 10.4 Å². The summed E-state index contributed by atoms with van der Waals surface area (Å²) in [7, 11) is 1.55. The number of halogens is 1. The number of aryl methyl sites for hydroxylation is 1. The first-order chi connectivity index (χ1) is 10.1. The number of nitrogens with one attached hydrogen (secondary N) is 1. The van der Waals surface area contributed by atoms with E-state index < -0.39 is 0 Å². The van der Waals surface area contributed by atoms with Crippen molar-refractivity contribution < 1.29 is 9.53 Å². The molecule has 0 saturated carbocycles. The Morgan fingerprint density at radius 3 is 2.86 bits per heavy atom. The van der Waals surface area contributed by atoms with Crippen LogP contribution >= 0.6 is 11.6 Å². The van der Waals surface area contributed by atoms with E-state index >= 15 is 0 Å². The maximum absolute atomic E-state index is 11.8. The molecule has 1 amide bonds. The molecule has 0 saturated heterocycles. The summed E-state index contributed by atoms with van der Waals surface area (Å²) in [6.45, 7) is 1.85. The minimum absolute atomic E-state index is 0.334. The number of aromatic nitrogens is 1. The van der Waals surface area contributed by atoms with E-state index in [0.717, 1.165) is 5.69 Å². The standard InChI is InChI=1S/C15H14ClN3O2/c1-10-3-4-11(8-17-10)15(20)19-18-9-12-7-13(16)5-6-14(12)21-2/h3-9H,1-2H3,(H,19,20)/b18-9-. The molecule has 0 bridgehead atoms. The highest BCUT2D eigenvalue weighted by molar-refractivity contribution is 6.30. The van der Waals surface area contributed by atoms with E-state index in [-0.39, 0.29) is 5.91 Å². The fraction of sp³-hybridized carbons (Fsp3) is 0.133. The molecule has 0 fully saturated rings. The van der Waals surface area contributed by atoms with Crippen LogP contribution in [0.25, 0.3) is 0 Å². The quantitative estimate of drug-likeness (QED) is 0.698. The van der Waals surface area contributed by atoms with Crippen LogP contribution in [0.2, 0.25) is 5.02 Å². The molecule has 6 heteroatoms. The molecule has 5 nitrogen and oxygen atoms in total. The molecule has 0 atom stereocenters. The van der Waals surface area contributed by atoms with Crippen LogP contribution in [0.3, 0.4) is 0 Å². The Balaban J connectivity index is 2.07. The van der Waals surface area contributed by atoms with Crippen LogP contribution in [-0.2, 0) is 0 Å². The molecule has 2 aromatic rings. The van der Waals surface area contributed by atoms with Crippen molar-refractivity contribution in [3.63, 3.8) is 0 Å². The number of carbonyl (C=O) groups is 1. The number of hydrogen-bond acceptors (Lipinski definition) is 4. The summed E-state index contributed by atoms with van der Waals surface area (Å²) >= 11 is 5.91. The number of benzene rings is 1. The molecule has 1 heterocycles. The number of amides is 1. The van der Waals surface area contributed by atoms with E-state index in [0.29, 0.717) is 21.9 Å². The SMILES string of the molecule is COc1ccc(Cl)cc1/C=N\NC(=O)c1ccc(C)nc1. The lowest BCUT2D eigenvalue weighted by molar-refractivity contribution is 0.0955. The second-order valence-electron chi connectivity index (χ2n) is 4.27. The topological polar surface area (TPSA) is 63.6 Å². The van der Waals surface area contributed by atoms with E-state index in [1.54, 1.807) is 37.4 Å². The van der Waals surface area contributed by atoms with Gasteiger partial charge in [0.15, 0.2) is 0 Å². The number of ether oxygens (including phenoxy) is 1. The van der Waals surface area contributed by atoms with E-state index in [1.807, 2.05) is 6.92 Å². The van der Waals surface area contributed by atoms with Gasteiger partial charge in [0.2, 0.25) is 0 Å². The van der Waals surface area contributed by atoms with Crippen molar-refractivity contribution in [3.05, 3.63) is 58.4 Å².